The minimum Gasteiger partial charge on any atom is -0.454 e. The van der Waals surface area contributed by atoms with Crippen molar-refractivity contribution in [1.29, 1.82) is 0 Å². The van der Waals surface area contributed by atoms with Gasteiger partial charge in [0.05, 0.1) is 11.8 Å². The van der Waals surface area contributed by atoms with E-state index in [4.69, 9.17) is 14.2 Å². The molecule has 1 atom stereocenters. The van der Waals surface area contributed by atoms with Crippen molar-refractivity contribution < 1.29 is 23.8 Å². The molecule has 5 rings (SSSR count). The SMILES string of the molecule is O=C(/C=C\c1ccc2c(c1)OCO2)Nc1c2c(nn1CC(=O)NC[C@H]1CCCO1)CSC2. The third kappa shape index (κ3) is 4.61. The normalized spacial score (nSPS) is 18.8. The number of ether oxygens (including phenoxy) is 3. The van der Waals surface area contributed by atoms with Gasteiger partial charge >= 0.3 is 0 Å². The van der Waals surface area contributed by atoms with Gasteiger partial charge < -0.3 is 24.8 Å². The Morgan fingerprint density at radius 2 is 2.16 bits per heavy atom. The molecule has 3 aliphatic rings. The topological polar surface area (TPSA) is 104 Å². The van der Waals surface area contributed by atoms with Crippen LogP contribution in [0.3, 0.4) is 0 Å². The summed E-state index contributed by atoms with van der Waals surface area (Å²) in [6.45, 7) is 1.50. The van der Waals surface area contributed by atoms with Crippen molar-refractivity contribution >= 4 is 35.5 Å². The highest BCUT2D eigenvalue weighted by Gasteiger charge is 2.25. The molecule has 0 saturated carbocycles. The Morgan fingerprint density at radius 1 is 1.25 bits per heavy atom. The Balaban J connectivity index is 1.24. The zero-order valence-electron chi connectivity index (χ0n) is 17.5. The smallest absolute Gasteiger partial charge is 0.249 e. The summed E-state index contributed by atoms with van der Waals surface area (Å²) in [5.74, 6) is 3.03. The molecule has 4 heterocycles. The van der Waals surface area contributed by atoms with E-state index in [1.54, 1.807) is 22.5 Å². The predicted octanol–water partition coefficient (Wildman–Crippen LogP) is 2.31. The second-order valence-electron chi connectivity index (χ2n) is 7.80. The zero-order valence-corrected chi connectivity index (χ0v) is 18.3. The van der Waals surface area contributed by atoms with Crippen molar-refractivity contribution in [1.82, 2.24) is 15.1 Å². The lowest BCUT2D eigenvalue weighted by Gasteiger charge is -2.12. The van der Waals surface area contributed by atoms with Gasteiger partial charge in [0.25, 0.3) is 0 Å². The molecule has 2 N–H and O–H groups in total. The molecule has 9 nitrogen and oxygen atoms in total. The molecule has 0 bridgehead atoms. The molecule has 1 aromatic heterocycles. The number of anilines is 1. The molecule has 1 saturated heterocycles. The van der Waals surface area contributed by atoms with E-state index in [0.717, 1.165) is 47.8 Å². The molecule has 0 unspecified atom stereocenters. The molecule has 0 aliphatic carbocycles. The van der Waals surface area contributed by atoms with Crippen LogP contribution in [0.15, 0.2) is 24.3 Å². The molecule has 1 aromatic carbocycles. The fourth-order valence-electron chi connectivity index (χ4n) is 3.89. The largest absolute Gasteiger partial charge is 0.454 e. The molecule has 2 amide bonds. The van der Waals surface area contributed by atoms with Crippen LogP contribution in [0.2, 0.25) is 0 Å². The Morgan fingerprint density at radius 3 is 3.03 bits per heavy atom. The van der Waals surface area contributed by atoms with Gasteiger partial charge in [0, 0.05) is 36.3 Å². The van der Waals surface area contributed by atoms with Crippen molar-refractivity contribution in [2.75, 3.05) is 25.3 Å². The van der Waals surface area contributed by atoms with Crippen LogP contribution in [0.25, 0.3) is 6.08 Å². The summed E-state index contributed by atoms with van der Waals surface area (Å²) < 4.78 is 17.8. The van der Waals surface area contributed by atoms with Crippen LogP contribution < -0.4 is 20.1 Å². The number of carbonyl (C=O) groups excluding carboxylic acids is 2. The van der Waals surface area contributed by atoms with Crippen molar-refractivity contribution in [2.24, 2.45) is 0 Å². The van der Waals surface area contributed by atoms with Crippen molar-refractivity contribution in [3.8, 4) is 11.5 Å². The molecule has 3 aliphatic heterocycles. The summed E-state index contributed by atoms with van der Waals surface area (Å²) in [6.07, 6.45) is 5.24. The van der Waals surface area contributed by atoms with Crippen molar-refractivity contribution in [3.63, 3.8) is 0 Å². The van der Waals surface area contributed by atoms with E-state index < -0.39 is 0 Å². The van der Waals surface area contributed by atoms with Gasteiger partial charge in [-0.3, -0.25) is 9.59 Å². The molecule has 2 aromatic rings. The van der Waals surface area contributed by atoms with Gasteiger partial charge in [0.15, 0.2) is 11.5 Å². The third-order valence-corrected chi connectivity index (χ3v) is 6.50. The Hall–Kier alpha value is -2.98. The van der Waals surface area contributed by atoms with Crippen LogP contribution >= 0.6 is 11.8 Å². The van der Waals surface area contributed by atoms with Crippen molar-refractivity contribution in [3.05, 3.63) is 41.1 Å². The number of rotatable bonds is 7. The molecular weight excluding hydrogens is 432 g/mol. The molecule has 1 fully saturated rings. The number of benzene rings is 1. The van der Waals surface area contributed by atoms with E-state index in [9.17, 15) is 9.59 Å². The average molecular weight is 457 g/mol. The summed E-state index contributed by atoms with van der Waals surface area (Å²) in [4.78, 5) is 25.1. The number of nitrogens with zero attached hydrogens (tertiary/aromatic N) is 2. The van der Waals surface area contributed by atoms with E-state index in [2.05, 4.69) is 15.7 Å². The highest BCUT2D eigenvalue weighted by atomic mass is 32.2. The summed E-state index contributed by atoms with van der Waals surface area (Å²) in [6, 6.07) is 5.49. The quantitative estimate of drug-likeness (QED) is 0.616. The van der Waals surface area contributed by atoms with Crippen LogP contribution in [0, 0.1) is 0 Å². The van der Waals surface area contributed by atoms with E-state index in [-0.39, 0.29) is 31.3 Å². The lowest BCUT2D eigenvalue weighted by atomic mass is 10.2. The number of nitrogens with one attached hydrogen (secondary N) is 2. The van der Waals surface area contributed by atoms with Gasteiger partial charge in [-0.1, -0.05) is 6.07 Å². The average Bonchev–Trinajstić information content (AvgIpc) is 3.57. The maximum absolute atomic E-state index is 12.6. The lowest BCUT2D eigenvalue weighted by molar-refractivity contribution is -0.122. The van der Waals surface area contributed by atoms with Crippen LogP contribution in [-0.2, 0) is 32.4 Å². The number of hydrogen-bond acceptors (Lipinski definition) is 7. The monoisotopic (exact) mass is 456 g/mol. The first-order valence-electron chi connectivity index (χ1n) is 10.6. The maximum Gasteiger partial charge on any atom is 0.249 e. The van der Waals surface area contributed by atoms with E-state index in [1.165, 1.54) is 6.08 Å². The zero-order chi connectivity index (χ0) is 21.9. The first-order chi connectivity index (χ1) is 15.7. The van der Waals surface area contributed by atoms with Crippen LogP contribution in [0.4, 0.5) is 5.82 Å². The van der Waals surface area contributed by atoms with Crippen LogP contribution in [-0.4, -0.2) is 47.6 Å². The van der Waals surface area contributed by atoms with Gasteiger partial charge in [0.1, 0.15) is 12.4 Å². The van der Waals surface area contributed by atoms with Gasteiger partial charge in [0.2, 0.25) is 18.6 Å². The lowest BCUT2D eigenvalue weighted by Crippen LogP contribution is -2.34. The predicted molar refractivity (Wildman–Crippen MR) is 119 cm³/mol. The fraction of sp³-hybridized carbons (Fsp3) is 0.409. The molecule has 168 valence electrons. The van der Waals surface area contributed by atoms with Gasteiger partial charge in [-0.05, 0) is 36.6 Å². The first kappa shape index (κ1) is 20.9. The number of thioether (sulfide) groups is 1. The number of fused-ring (bicyclic) bond motifs is 2. The van der Waals surface area contributed by atoms with Gasteiger partial charge in [-0.2, -0.15) is 16.9 Å². The Kier molecular flexibility index (Phi) is 6.04. The molecule has 32 heavy (non-hydrogen) atoms. The minimum absolute atomic E-state index is 0.0475. The minimum atomic E-state index is -0.289. The second-order valence-corrected chi connectivity index (χ2v) is 8.78. The molecule has 0 radical (unpaired) electrons. The fourth-order valence-corrected chi connectivity index (χ4v) is 4.93. The number of hydrogen-bond donors (Lipinski definition) is 2. The number of aromatic nitrogens is 2. The highest BCUT2D eigenvalue weighted by Crippen LogP contribution is 2.35. The molecule has 0 spiro atoms. The number of amides is 2. The van der Waals surface area contributed by atoms with Crippen LogP contribution in [0.1, 0.15) is 29.7 Å². The third-order valence-electron chi connectivity index (χ3n) is 5.53. The highest BCUT2D eigenvalue weighted by molar-refractivity contribution is 7.98. The van der Waals surface area contributed by atoms with Gasteiger partial charge in [-0.25, -0.2) is 4.68 Å². The summed E-state index contributed by atoms with van der Waals surface area (Å²) in [7, 11) is 0. The Bertz CT molecular complexity index is 1060. The summed E-state index contributed by atoms with van der Waals surface area (Å²) in [5.41, 5.74) is 2.72. The molecule has 10 heteroatoms. The first-order valence-corrected chi connectivity index (χ1v) is 11.7. The molecular formula is C22H24N4O5S. The number of carbonyl (C=O) groups is 2. The Labute approximate surface area is 189 Å². The maximum atomic E-state index is 12.6. The van der Waals surface area contributed by atoms with E-state index in [0.29, 0.717) is 23.9 Å². The second kappa shape index (κ2) is 9.25. The van der Waals surface area contributed by atoms with Crippen molar-refractivity contribution in [2.45, 2.75) is 37.0 Å². The van der Waals surface area contributed by atoms with Gasteiger partial charge in [-0.15, -0.1) is 0 Å². The summed E-state index contributed by atoms with van der Waals surface area (Å²) >= 11 is 1.74. The summed E-state index contributed by atoms with van der Waals surface area (Å²) in [5, 5.41) is 10.4. The standard InChI is InChI=1S/C22H24N4O5S/c27-20(6-4-14-3-5-18-19(8-14)31-13-30-18)24-22-16-11-32-12-17(16)25-26(22)10-21(28)23-9-15-2-1-7-29-15/h3-6,8,15H,1-2,7,9-13H2,(H,23,28)(H,24,27)/b6-4-/t15-/m1/s1. The van der Waals surface area contributed by atoms with E-state index in [1.807, 2.05) is 18.2 Å². The van der Waals surface area contributed by atoms with Crippen LogP contribution in [0.5, 0.6) is 11.5 Å². The van der Waals surface area contributed by atoms with E-state index >= 15 is 0 Å².